The Labute approximate surface area is 128 Å². The summed E-state index contributed by atoms with van der Waals surface area (Å²) in [7, 11) is 0. The number of aromatic nitrogens is 2. The third-order valence-electron chi connectivity index (χ3n) is 3.10. The van der Waals surface area contributed by atoms with Gasteiger partial charge in [0.1, 0.15) is 0 Å². The van der Waals surface area contributed by atoms with Crippen molar-refractivity contribution in [2.45, 2.75) is 6.18 Å². The molecule has 1 aromatic carbocycles. The van der Waals surface area contributed by atoms with Crippen molar-refractivity contribution in [3.8, 4) is 0 Å². The summed E-state index contributed by atoms with van der Waals surface area (Å²) in [5, 5.41) is 2.48. The van der Waals surface area contributed by atoms with Crippen LogP contribution < -0.4 is 5.32 Å². The predicted octanol–water partition coefficient (Wildman–Crippen LogP) is 3.51. The van der Waals surface area contributed by atoms with Crippen molar-refractivity contribution < 1.29 is 22.4 Å². The second kappa shape index (κ2) is 5.64. The molecule has 0 aliphatic heterocycles. The van der Waals surface area contributed by atoms with Crippen molar-refractivity contribution in [1.82, 2.24) is 14.9 Å². The number of imidazole rings is 1. The molecule has 0 fully saturated rings. The third kappa shape index (κ3) is 3.10. The van der Waals surface area contributed by atoms with Crippen LogP contribution >= 0.6 is 0 Å². The molecule has 3 rings (SSSR count). The van der Waals surface area contributed by atoms with Crippen LogP contribution in [0.15, 0.2) is 53.5 Å². The Morgan fingerprint density at radius 3 is 2.83 bits per heavy atom. The zero-order valence-corrected chi connectivity index (χ0v) is 11.5. The fraction of sp³-hybridized carbons (Fsp3) is 0.0667. The van der Waals surface area contributed by atoms with Crippen LogP contribution in [-0.4, -0.2) is 15.5 Å². The van der Waals surface area contributed by atoms with Gasteiger partial charge in [0.25, 0.3) is 5.91 Å². The molecule has 0 aliphatic carbocycles. The Morgan fingerprint density at radius 1 is 1.30 bits per heavy atom. The number of alkyl halides is 3. The van der Waals surface area contributed by atoms with E-state index >= 15 is 0 Å². The number of carbonyl (C=O) groups excluding carboxylic acids is 1. The molecule has 0 spiro atoms. The molecule has 0 bridgehead atoms. The lowest BCUT2D eigenvalue weighted by molar-refractivity contribution is -0.137. The molecule has 118 valence electrons. The second-order valence-electron chi connectivity index (χ2n) is 4.62. The van der Waals surface area contributed by atoms with Crippen LogP contribution in [0.2, 0.25) is 0 Å². The first-order valence-corrected chi connectivity index (χ1v) is 6.50. The number of amides is 1. The molecular formula is C15H10F3N3O2. The predicted molar refractivity (Wildman–Crippen MR) is 76.2 cm³/mol. The Kier molecular flexibility index (Phi) is 3.65. The molecule has 0 saturated heterocycles. The molecule has 2 aromatic heterocycles. The van der Waals surface area contributed by atoms with Crippen LogP contribution in [-0.2, 0) is 6.18 Å². The van der Waals surface area contributed by atoms with E-state index in [0.29, 0.717) is 5.52 Å². The van der Waals surface area contributed by atoms with Gasteiger partial charge < -0.3 is 14.3 Å². The van der Waals surface area contributed by atoms with Crippen molar-refractivity contribution in [2.75, 3.05) is 0 Å². The molecule has 23 heavy (non-hydrogen) atoms. The minimum atomic E-state index is -4.41. The van der Waals surface area contributed by atoms with Gasteiger partial charge in [0.2, 0.25) is 0 Å². The molecule has 0 radical (unpaired) electrons. The summed E-state index contributed by atoms with van der Waals surface area (Å²) in [6, 6.07) is 6.37. The molecule has 0 aliphatic rings. The van der Waals surface area contributed by atoms with Crippen molar-refractivity contribution in [2.24, 2.45) is 0 Å². The van der Waals surface area contributed by atoms with Gasteiger partial charge in [-0.2, -0.15) is 13.2 Å². The van der Waals surface area contributed by atoms with E-state index in [4.69, 9.17) is 4.42 Å². The highest BCUT2D eigenvalue weighted by atomic mass is 19.4. The number of carbonyl (C=O) groups is 1. The lowest BCUT2D eigenvalue weighted by atomic mass is 10.2. The van der Waals surface area contributed by atoms with Crippen LogP contribution in [0.25, 0.3) is 17.2 Å². The van der Waals surface area contributed by atoms with E-state index in [9.17, 15) is 18.0 Å². The van der Waals surface area contributed by atoms with Gasteiger partial charge in [-0.1, -0.05) is 0 Å². The highest BCUT2D eigenvalue weighted by Crippen LogP contribution is 2.31. The maximum Gasteiger partial charge on any atom is 0.416 e. The summed E-state index contributed by atoms with van der Waals surface area (Å²) < 4.78 is 44.4. The number of nitrogens with one attached hydrogen (secondary N) is 1. The van der Waals surface area contributed by atoms with Crippen LogP contribution in [0, 0.1) is 0 Å². The molecule has 0 atom stereocenters. The van der Waals surface area contributed by atoms with Gasteiger partial charge in [-0.15, -0.1) is 0 Å². The molecular weight excluding hydrogens is 311 g/mol. The number of furan rings is 1. The summed E-state index contributed by atoms with van der Waals surface area (Å²) in [6.45, 7) is 0. The average molecular weight is 321 g/mol. The molecule has 0 saturated carbocycles. The summed E-state index contributed by atoms with van der Waals surface area (Å²) >= 11 is 0. The van der Waals surface area contributed by atoms with Gasteiger partial charge in [0, 0.05) is 12.4 Å². The molecule has 1 N–H and O–H groups in total. The van der Waals surface area contributed by atoms with Crippen LogP contribution in [0.1, 0.15) is 16.1 Å². The maximum absolute atomic E-state index is 12.6. The van der Waals surface area contributed by atoms with Crippen molar-refractivity contribution in [3.63, 3.8) is 0 Å². The normalized spacial score (nSPS) is 12.1. The number of halogens is 3. The quantitative estimate of drug-likeness (QED) is 0.803. The van der Waals surface area contributed by atoms with Gasteiger partial charge in [-0.05, 0) is 30.3 Å². The summed E-state index contributed by atoms with van der Waals surface area (Å²) in [5.74, 6) is -0.282. The summed E-state index contributed by atoms with van der Waals surface area (Å²) in [4.78, 5) is 15.6. The lowest BCUT2D eigenvalue weighted by Gasteiger charge is -2.06. The van der Waals surface area contributed by atoms with Crippen molar-refractivity contribution >= 4 is 23.1 Å². The number of hydrogen-bond donors (Lipinski definition) is 1. The highest BCUT2D eigenvalue weighted by molar-refractivity contribution is 5.92. The largest absolute Gasteiger partial charge is 0.459 e. The maximum atomic E-state index is 12.6. The minimum absolute atomic E-state index is 0.153. The Balaban J connectivity index is 1.78. The smallest absolute Gasteiger partial charge is 0.416 e. The number of fused-ring (bicyclic) bond motifs is 1. The second-order valence-corrected chi connectivity index (χ2v) is 4.62. The van der Waals surface area contributed by atoms with E-state index < -0.39 is 17.6 Å². The van der Waals surface area contributed by atoms with Crippen LogP contribution in [0.3, 0.4) is 0 Å². The number of rotatable bonds is 3. The molecule has 1 amide bonds. The first-order chi connectivity index (χ1) is 10.9. The fourth-order valence-electron chi connectivity index (χ4n) is 2.00. The van der Waals surface area contributed by atoms with Crippen molar-refractivity contribution in [3.05, 3.63) is 60.4 Å². The molecule has 5 nitrogen and oxygen atoms in total. The van der Waals surface area contributed by atoms with E-state index in [0.717, 1.165) is 12.1 Å². The first kappa shape index (κ1) is 14.9. The van der Waals surface area contributed by atoms with Gasteiger partial charge >= 0.3 is 6.18 Å². The molecule has 0 unspecified atom stereocenters. The van der Waals surface area contributed by atoms with E-state index in [1.807, 2.05) is 0 Å². The monoisotopic (exact) mass is 321 g/mol. The summed E-state index contributed by atoms with van der Waals surface area (Å²) in [6.07, 6.45) is 1.15. The number of benzene rings is 1. The van der Waals surface area contributed by atoms with Gasteiger partial charge in [0.15, 0.2) is 5.76 Å². The Hall–Kier alpha value is -3.03. The lowest BCUT2D eigenvalue weighted by Crippen LogP contribution is -2.16. The van der Waals surface area contributed by atoms with E-state index in [-0.39, 0.29) is 11.3 Å². The van der Waals surface area contributed by atoms with E-state index in [2.05, 4.69) is 10.3 Å². The minimum Gasteiger partial charge on any atom is -0.459 e. The molecule has 3 aromatic rings. The van der Waals surface area contributed by atoms with Gasteiger partial charge in [0.05, 0.1) is 29.2 Å². The van der Waals surface area contributed by atoms with Crippen molar-refractivity contribution in [1.29, 1.82) is 0 Å². The number of nitrogens with zero attached hydrogens (tertiary/aromatic N) is 2. The van der Waals surface area contributed by atoms with Gasteiger partial charge in [-0.25, -0.2) is 4.98 Å². The van der Waals surface area contributed by atoms with E-state index in [1.54, 1.807) is 6.07 Å². The van der Waals surface area contributed by atoms with E-state index in [1.165, 1.54) is 41.7 Å². The zero-order chi connectivity index (χ0) is 16.4. The van der Waals surface area contributed by atoms with Crippen LogP contribution in [0.4, 0.5) is 13.2 Å². The Morgan fingerprint density at radius 2 is 2.13 bits per heavy atom. The summed E-state index contributed by atoms with van der Waals surface area (Å²) in [5.41, 5.74) is -0.0614. The number of hydrogen-bond acceptors (Lipinski definition) is 3. The zero-order valence-electron chi connectivity index (χ0n) is 11.5. The average Bonchev–Trinajstić information content (AvgIpc) is 3.15. The standard InChI is InChI=1S/C15H10F3N3O2/c16-15(17,18)10-3-4-12-11(8-10)20-9-21(12)6-5-19-14(22)13-2-1-7-23-13/h1-9H,(H,19,22)/b6-5+. The van der Waals surface area contributed by atoms with Gasteiger partial charge in [-0.3, -0.25) is 4.79 Å². The van der Waals surface area contributed by atoms with Crippen LogP contribution in [0.5, 0.6) is 0 Å². The molecule has 2 heterocycles. The SMILES string of the molecule is O=C(N/C=C/n1cnc2cc(C(F)(F)F)ccc21)c1ccco1. The fourth-order valence-corrected chi connectivity index (χ4v) is 2.00. The Bertz CT molecular complexity index is 864. The topological polar surface area (TPSA) is 60.1 Å². The first-order valence-electron chi connectivity index (χ1n) is 6.50. The molecule has 8 heteroatoms. The third-order valence-corrected chi connectivity index (χ3v) is 3.10. The highest BCUT2D eigenvalue weighted by Gasteiger charge is 2.30.